The summed E-state index contributed by atoms with van der Waals surface area (Å²) in [5, 5.41) is 6.37. The van der Waals surface area contributed by atoms with E-state index in [-0.39, 0.29) is 0 Å². The molecular formula is C31H16N2O3. The Morgan fingerprint density at radius 2 is 1.19 bits per heavy atom. The van der Waals surface area contributed by atoms with Crippen LogP contribution in [0.25, 0.3) is 82.8 Å². The van der Waals surface area contributed by atoms with E-state index in [9.17, 15) is 0 Å². The highest BCUT2D eigenvalue weighted by atomic mass is 16.4. The number of hydrogen-bond donors (Lipinski definition) is 0. The first kappa shape index (κ1) is 18.3. The lowest BCUT2D eigenvalue weighted by atomic mass is 10.1. The minimum absolute atomic E-state index is 0.518. The van der Waals surface area contributed by atoms with Crippen molar-refractivity contribution in [2.24, 2.45) is 0 Å². The summed E-state index contributed by atoms with van der Waals surface area (Å²) in [6.07, 6.45) is 0. The molecule has 0 aliphatic rings. The van der Waals surface area contributed by atoms with E-state index in [4.69, 9.17) is 18.2 Å². The van der Waals surface area contributed by atoms with Crippen LogP contribution in [-0.2, 0) is 0 Å². The van der Waals surface area contributed by atoms with E-state index < -0.39 is 0 Å². The molecule has 9 rings (SSSR count). The van der Waals surface area contributed by atoms with E-state index in [1.807, 2.05) is 54.6 Å². The third-order valence-electron chi connectivity index (χ3n) is 7.26. The summed E-state index contributed by atoms with van der Waals surface area (Å²) >= 11 is 0. The first-order valence-electron chi connectivity index (χ1n) is 11.9. The van der Waals surface area contributed by atoms with E-state index >= 15 is 0 Å². The number of hydrogen-bond acceptors (Lipinski definition) is 4. The third kappa shape index (κ3) is 2.18. The van der Waals surface area contributed by atoms with Crippen LogP contribution in [0.4, 0.5) is 0 Å². The second-order valence-corrected chi connectivity index (χ2v) is 9.17. The van der Waals surface area contributed by atoms with Gasteiger partial charge in [-0.3, -0.25) is 4.57 Å². The minimum atomic E-state index is 0.518. The van der Waals surface area contributed by atoms with Crippen molar-refractivity contribution < 1.29 is 13.3 Å². The number of rotatable bonds is 1. The average molecular weight is 464 g/mol. The lowest BCUT2D eigenvalue weighted by Crippen LogP contribution is -1.93. The molecule has 0 N–H and O–H groups in total. The summed E-state index contributed by atoms with van der Waals surface area (Å²) in [4.78, 5) is 5.03. The lowest BCUT2D eigenvalue weighted by Gasteiger charge is -2.01. The number of benzene rings is 5. The number of nitrogens with zero attached hydrogens (tertiary/aromatic N) is 2. The van der Waals surface area contributed by atoms with Crippen molar-refractivity contribution in [3.63, 3.8) is 0 Å². The molecule has 0 unspecified atom stereocenters. The molecule has 0 radical (unpaired) electrons. The molecule has 5 aromatic carbocycles. The topological polar surface area (TPSA) is 57.2 Å². The second kappa shape index (κ2) is 6.34. The molecule has 0 aliphatic carbocycles. The molecule has 0 saturated carbocycles. The summed E-state index contributed by atoms with van der Waals surface area (Å²) in [5.41, 5.74) is 6.92. The van der Waals surface area contributed by atoms with E-state index in [2.05, 4.69) is 47.0 Å². The SMILES string of the molecule is c1ccc2c(c1)oc1c2ccc2c1c1ccccc1n2-c1nc2c(ccc3oc4ccccc4c32)o1. The molecular weight excluding hydrogens is 448 g/mol. The van der Waals surface area contributed by atoms with Crippen LogP contribution in [0.5, 0.6) is 0 Å². The molecule has 0 spiro atoms. The van der Waals surface area contributed by atoms with Crippen molar-refractivity contribution in [2.45, 2.75) is 0 Å². The van der Waals surface area contributed by atoms with E-state index in [1.165, 1.54) is 0 Å². The van der Waals surface area contributed by atoms with Gasteiger partial charge in [-0.05, 0) is 42.5 Å². The molecule has 36 heavy (non-hydrogen) atoms. The number of oxazole rings is 1. The van der Waals surface area contributed by atoms with Crippen molar-refractivity contribution >= 4 is 76.8 Å². The van der Waals surface area contributed by atoms with Gasteiger partial charge in [-0.1, -0.05) is 54.6 Å². The molecule has 5 nitrogen and oxygen atoms in total. The number of furan rings is 2. The van der Waals surface area contributed by atoms with Crippen molar-refractivity contribution in [1.82, 2.24) is 9.55 Å². The molecule has 5 heteroatoms. The minimum Gasteiger partial charge on any atom is -0.456 e. The summed E-state index contributed by atoms with van der Waals surface area (Å²) in [5.74, 6) is 0. The zero-order valence-corrected chi connectivity index (χ0v) is 18.9. The average Bonchev–Trinajstić information content (AvgIpc) is 3.67. The zero-order chi connectivity index (χ0) is 23.4. The van der Waals surface area contributed by atoms with Crippen LogP contribution in [-0.4, -0.2) is 9.55 Å². The molecule has 0 atom stereocenters. The first-order chi connectivity index (χ1) is 17.8. The van der Waals surface area contributed by atoms with Crippen molar-refractivity contribution in [2.75, 3.05) is 0 Å². The Kier molecular flexibility index (Phi) is 3.23. The van der Waals surface area contributed by atoms with Gasteiger partial charge < -0.3 is 13.3 Å². The van der Waals surface area contributed by atoms with Gasteiger partial charge in [0, 0.05) is 21.5 Å². The predicted molar refractivity (Wildman–Crippen MR) is 143 cm³/mol. The Balaban J connectivity index is 1.43. The van der Waals surface area contributed by atoms with Crippen molar-refractivity contribution in [3.05, 3.63) is 97.1 Å². The Morgan fingerprint density at radius 1 is 0.472 bits per heavy atom. The van der Waals surface area contributed by atoms with E-state index in [0.29, 0.717) is 6.01 Å². The predicted octanol–water partition coefficient (Wildman–Crippen LogP) is 8.72. The van der Waals surface area contributed by atoms with Crippen LogP contribution >= 0.6 is 0 Å². The standard InChI is InChI=1S/C31H16N2O3/c1-4-10-21-19(8-1)27-22(14-13-18-17-7-2-5-11-23(17)35-30(18)27)33(21)31-32-29-26(36-31)16-15-25-28(29)20-9-3-6-12-24(20)34-25/h1-16H. The van der Waals surface area contributed by atoms with Crippen LogP contribution in [0, 0.1) is 0 Å². The maximum atomic E-state index is 6.41. The smallest absolute Gasteiger partial charge is 0.307 e. The monoisotopic (exact) mass is 464 g/mol. The summed E-state index contributed by atoms with van der Waals surface area (Å²) in [6, 6.07) is 33.2. The van der Waals surface area contributed by atoms with Gasteiger partial charge in [-0.15, -0.1) is 0 Å². The summed E-state index contributed by atoms with van der Waals surface area (Å²) < 4.78 is 21.0. The summed E-state index contributed by atoms with van der Waals surface area (Å²) in [7, 11) is 0. The van der Waals surface area contributed by atoms with Gasteiger partial charge in [-0.2, -0.15) is 4.98 Å². The molecule has 9 aromatic rings. The van der Waals surface area contributed by atoms with Crippen LogP contribution in [0.3, 0.4) is 0 Å². The van der Waals surface area contributed by atoms with Crippen LogP contribution < -0.4 is 0 Å². The van der Waals surface area contributed by atoms with Gasteiger partial charge in [0.1, 0.15) is 27.8 Å². The lowest BCUT2D eigenvalue weighted by molar-refractivity contribution is 0.574. The molecule has 0 fully saturated rings. The third-order valence-corrected chi connectivity index (χ3v) is 7.26. The molecule has 4 heterocycles. The van der Waals surface area contributed by atoms with E-state index in [0.717, 1.165) is 76.8 Å². The Hall–Kier alpha value is -5.03. The first-order valence-corrected chi connectivity index (χ1v) is 11.9. The van der Waals surface area contributed by atoms with Crippen LogP contribution in [0.15, 0.2) is 110 Å². The van der Waals surface area contributed by atoms with Gasteiger partial charge in [0.15, 0.2) is 5.58 Å². The molecule has 168 valence electrons. The number of para-hydroxylation sites is 3. The maximum Gasteiger partial charge on any atom is 0.307 e. The second-order valence-electron chi connectivity index (χ2n) is 9.17. The molecule has 0 bridgehead atoms. The quantitative estimate of drug-likeness (QED) is 0.244. The van der Waals surface area contributed by atoms with E-state index in [1.54, 1.807) is 0 Å². The number of aromatic nitrogens is 2. The van der Waals surface area contributed by atoms with Crippen molar-refractivity contribution in [3.8, 4) is 6.01 Å². The van der Waals surface area contributed by atoms with Gasteiger partial charge in [0.05, 0.1) is 21.8 Å². The fraction of sp³-hybridized carbons (Fsp3) is 0. The Bertz CT molecular complexity index is 2330. The molecule has 0 amide bonds. The van der Waals surface area contributed by atoms with Gasteiger partial charge >= 0.3 is 6.01 Å². The largest absolute Gasteiger partial charge is 0.456 e. The van der Waals surface area contributed by atoms with Crippen LogP contribution in [0.2, 0.25) is 0 Å². The number of fused-ring (bicyclic) bond motifs is 12. The van der Waals surface area contributed by atoms with Gasteiger partial charge in [0.2, 0.25) is 0 Å². The van der Waals surface area contributed by atoms with Gasteiger partial charge in [0.25, 0.3) is 0 Å². The highest BCUT2D eigenvalue weighted by Crippen LogP contribution is 2.41. The van der Waals surface area contributed by atoms with Crippen molar-refractivity contribution in [1.29, 1.82) is 0 Å². The maximum absolute atomic E-state index is 6.41. The molecule has 0 aliphatic heterocycles. The molecule has 4 aromatic heterocycles. The highest BCUT2D eigenvalue weighted by Gasteiger charge is 2.22. The fourth-order valence-electron chi connectivity index (χ4n) is 5.73. The fourth-order valence-corrected chi connectivity index (χ4v) is 5.73. The van der Waals surface area contributed by atoms with Gasteiger partial charge in [-0.25, -0.2) is 0 Å². The highest BCUT2D eigenvalue weighted by molar-refractivity contribution is 6.24. The Labute approximate surface area is 202 Å². The normalized spacial score (nSPS) is 12.4. The zero-order valence-electron chi connectivity index (χ0n) is 18.9. The summed E-state index contributed by atoms with van der Waals surface area (Å²) in [6.45, 7) is 0. The Morgan fingerprint density at radius 3 is 2.08 bits per heavy atom. The molecule has 0 saturated heterocycles. The van der Waals surface area contributed by atoms with Crippen LogP contribution in [0.1, 0.15) is 0 Å².